The molecule has 0 aliphatic carbocycles. The maximum Gasteiger partial charge on any atom is 0.249 e. The zero-order valence-electron chi connectivity index (χ0n) is 16.4. The molecule has 1 aromatic heterocycles. The number of anilines is 2. The van der Waals surface area contributed by atoms with Crippen molar-refractivity contribution in [3.8, 4) is 17.1 Å². The second-order valence-corrected chi connectivity index (χ2v) is 6.82. The van der Waals surface area contributed by atoms with Crippen LogP contribution in [0.1, 0.15) is 29.7 Å². The molecule has 1 aliphatic heterocycles. The number of hydrogen-bond acceptors (Lipinski definition) is 6. The van der Waals surface area contributed by atoms with Crippen molar-refractivity contribution in [3.63, 3.8) is 0 Å². The average Bonchev–Trinajstić information content (AvgIpc) is 3.17. The summed E-state index contributed by atoms with van der Waals surface area (Å²) in [5.41, 5.74) is 1.80. The van der Waals surface area contributed by atoms with Gasteiger partial charge in [-0.15, -0.1) is 5.10 Å². The number of aromatic nitrogens is 3. The molecule has 2 aromatic carbocycles. The summed E-state index contributed by atoms with van der Waals surface area (Å²) < 4.78 is 6.57. The molecule has 1 unspecified atom stereocenters. The van der Waals surface area contributed by atoms with E-state index in [1.165, 1.54) is 11.6 Å². The van der Waals surface area contributed by atoms with Crippen molar-refractivity contribution in [1.29, 1.82) is 0 Å². The molecule has 1 aliphatic rings. The van der Waals surface area contributed by atoms with Gasteiger partial charge < -0.3 is 10.1 Å². The van der Waals surface area contributed by atoms with Crippen LogP contribution < -0.4 is 15.4 Å². The first-order chi connectivity index (χ1) is 14.4. The third kappa shape index (κ3) is 3.77. The summed E-state index contributed by atoms with van der Waals surface area (Å²) in [5, 5.41) is 9.85. The second kappa shape index (κ2) is 7.78. The zero-order valence-corrected chi connectivity index (χ0v) is 16.4. The maximum absolute atomic E-state index is 12.9. The van der Waals surface area contributed by atoms with Crippen LogP contribution in [0.15, 0.2) is 48.5 Å². The number of ketones is 1. The number of benzene rings is 2. The molecule has 4 rings (SSSR count). The van der Waals surface area contributed by atoms with E-state index < -0.39 is 11.9 Å². The monoisotopic (exact) mass is 405 g/mol. The molecule has 152 valence electrons. The summed E-state index contributed by atoms with van der Waals surface area (Å²) in [6, 6.07) is 12.9. The predicted octanol–water partition coefficient (Wildman–Crippen LogP) is 2.68. The van der Waals surface area contributed by atoms with Gasteiger partial charge in [0.1, 0.15) is 11.8 Å². The number of nitrogens with one attached hydrogen (secondary N) is 2. The first-order valence-corrected chi connectivity index (χ1v) is 9.27. The Kier molecular flexibility index (Phi) is 5.01. The van der Waals surface area contributed by atoms with Gasteiger partial charge >= 0.3 is 0 Å². The maximum atomic E-state index is 12.9. The van der Waals surface area contributed by atoms with E-state index in [2.05, 4.69) is 20.7 Å². The Morgan fingerprint density at radius 1 is 1.13 bits per heavy atom. The second-order valence-electron chi connectivity index (χ2n) is 6.82. The predicted molar refractivity (Wildman–Crippen MR) is 109 cm³/mol. The molecule has 0 fully saturated rings. The minimum absolute atomic E-state index is 0.0597. The molecule has 0 radical (unpaired) electrons. The third-order valence-electron chi connectivity index (χ3n) is 4.77. The van der Waals surface area contributed by atoms with Crippen LogP contribution >= 0.6 is 0 Å². The van der Waals surface area contributed by atoms with E-state index in [1.807, 2.05) is 0 Å². The zero-order chi connectivity index (χ0) is 21.3. The number of carbonyl (C=O) groups is 3. The molecule has 9 nitrogen and oxygen atoms in total. The molecule has 0 spiro atoms. The van der Waals surface area contributed by atoms with Crippen molar-refractivity contribution < 1.29 is 19.1 Å². The molecular formula is C21H19N5O4. The Morgan fingerprint density at radius 2 is 1.83 bits per heavy atom. The number of methoxy groups -OCH3 is 1. The Bertz CT molecular complexity index is 1120. The highest BCUT2D eigenvalue weighted by molar-refractivity contribution is 6.01. The molecule has 0 saturated carbocycles. The van der Waals surface area contributed by atoms with Crippen LogP contribution in [0.5, 0.6) is 5.75 Å². The molecule has 1 atom stereocenters. The lowest BCUT2D eigenvalue weighted by atomic mass is 10.1. The molecule has 30 heavy (non-hydrogen) atoms. The van der Waals surface area contributed by atoms with E-state index in [-0.39, 0.29) is 24.1 Å². The summed E-state index contributed by atoms with van der Waals surface area (Å²) in [4.78, 5) is 40.7. The Balaban J connectivity index is 1.59. The van der Waals surface area contributed by atoms with Gasteiger partial charge in [-0.3, -0.25) is 19.7 Å². The van der Waals surface area contributed by atoms with Gasteiger partial charge in [-0.05, 0) is 55.5 Å². The normalized spacial score (nSPS) is 15.1. The number of ether oxygens (including phenoxy) is 1. The number of Topliss-reactive ketones (excluding diaryl/α,β-unsaturated/α-hetero) is 1. The largest absolute Gasteiger partial charge is 0.497 e. The van der Waals surface area contributed by atoms with Crippen LogP contribution in [0.25, 0.3) is 11.4 Å². The van der Waals surface area contributed by atoms with Crippen molar-refractivity contribution in [2.24, 2.45) is 0 Å². The fraction of sp³-hybridized carbons (Fsp3) is 0.190. The van der Waals surface area contributed by atoms with Gasteiger partial charge in [0.15, 0.2) is 11.6 Å². The molecule has 2 amide bonds. The lowest BCUT2D eigenvalue weighted by Gasteiger charge is -2.22. The summed E-state index contributed by atoms with van der Waals surface area (Å²) in [6.07, 6.45) is -0.0597. The van der Waals surface area contributed by atoms with E-state index >= 15 is 0 Å². The van der Waals surface area contributed by atoms with Gasteiger partial charge in [0.2, 0.25) is 17.8 Å². The van der Waals surface area contributed by atoms with E-state index in [4.69, 9.17) is 4.74 Å². The first-order valence-electron chi connectivity index (χ1n) is 9.27. The highest BCUT2D eigenvalue weighted by Crippen LogP contribution is 2.28. The summed E-state index contributed by atoms with van der Waals surface area (Å²) in [6.45, 7) is 1.47. The van der Waals surface area contributed by atoms with Gasteiger partial charge in [0, 0.05) is 16.8 Å². The molecule has 2 N–H and O–H groups in total. The Labute approximate surface area is 172 Å². The Hall–Kier alpha value is -4.01. The standard InChI is InChI=1S/C21H19N5O4/c1-12(27)13-3-7-15(8-4-13)22-20(29)17-11-18(28)23-21-24-19(25-26(17)21)14-5-9-16(30-2)10-6-14/h3-10,17H,11H2,1-2H3,(H,22,29)(H,23,24,25,28). The van der Waals surface area contributed by atoms with Crippen LogP contribution in [0.2, 0.25) is 0 Å². The van der Waals surface area contributed by atoms with E-state index in [0.717, 1.165) is 5.56 Å². The first kappa shape index (κ1) is 19.3. The van der Waals surface area contributed by atoms with Crippen molar-refractivity contribution >= 4 is 29.2 Å². The molecule has 0 saturated heterocycles. The van der Waals surface area contributed by atoms with E-state index in [0.29, 0.717) is 22.8 Å². The molecule has 2 heterocycles. The van der Waals surface area contributed by atoms with Gasteiger partial charge in [0.05, 0.1) is 13.5 Å². The van der Waals surface area contributed by atoms with Crippen molar-refractivity contribution in [2.75, 3.05) is 17.7 Å². The lowest BCUT2D eigenvalue weighted by molar-refractivity contribution is -0.125. The average molecular weight is 405 g/mol. The number of nitrogens with zero attached hydrogens (tertiary/aromatic N) is 3. The van der Waals surface area contributed by atoms with Gasteiger partial charge in [-0.1, -0.05) is 0 Å². The van der Waals surface area contributed by atoms with Gasteiger partial charge in [-0.25, -0.2) is 4.68 Å². The molecule has 9 heteroatoms. The minimum atomic E-state index is -0.847. The quantitative estimate of drug-likeness (QED) is 0.631. The van der Waals surface area contributed by atoms with Crippen LogP contribution in [-0.2, 0) is 9.59 Å². The lowest BCUT2D eigenvalue weighted by Crippen LogP contribution is -2.36. The fourth-order valence-electron chi connectivity index (χ4n) is 3.14. The summed E-state index contributed by atoms with van der Waals surface area (Å²) in [7, 11) is 1.58. The van der Waals surface area contributed by atoms with E-state index in [9.17, 15) is 14.4 Å². The van der Waals surface area contributed by atoms with Crippen LogP contribution in [-0.4, -0.2) is 39.5 Å². The Morgan fingerprint density at radius 3 is 2.47 bits per heavy atom. The third-order valence-corrected chi connectivity index (χ3v) is 4.77. The minimum Gasteiger partial charge on any atom is -0.497 e. The fourth-order valence-corrected chi connectivity index (χ4v) is 3.14. The van der Waals surface area contributed by atoms with E-state index in [1.54, 1.807) is 55.6 Å². The summed E-state index contributed by atoms with van der Waals surface area (Å²) >= 11 is 0. The molecule has 0 bridgehead atoms. The van der Waals surface area contributed by atoms with Crippen molar-refractivity contribution in [2.45, 2.75) is 19.4 Å². The van der Waals surface area contributed by atoms with Crippen LogP contribution in [0, 0.1) is 0 Å². The highest BCUT2D eigenvalue weighted by Gasteiger charge is 2.33. The number of rotatable bonds is 5. The van der Waals surface area contributed by atoms with Crippen LogP contribution in [0.4, 0.5) is 11.6 Å². The number of amides is 2. The van der Waals surface area contributed by atoms with Gasteiger partial charge in [0.25, 0.3) is 0 Å². The van der Waals surface area contributed by atoms with Gasteiger partial charge in [-0.2, -0.15) is 4.98 Å². The number of fused-ring (bicyclic) bond motifs is 1. The summed E-state index contributed by atoms with van der Waals surface area (Å²) in [5.74, 6) is 0.526. The molecule has 3 aromatic rings. The highest BCUT2D eigenvalue weighted by atomic mass is 16.5. The number of hydrogen-bond donors (Lipinski definition) is 2. The van der Waals surface area contributed by atoms with Crippen molar-refractivity contribution in [1.82, 2.24) is 14.8 Å². The SMILES string of the molecule is COc1ccc(-c2nc3n(n2)C(C(=O)Nc2ccc(C(C)=O)cc2)CC(=O)N3)cc1. The van der Waals surface area contributed by atoms with Crippen LogP contribution in [0.3, 0.4) is 0 Å². The topological polar surface area (TPSA) is 115 Å². The van der Waals surface area contributed by atoms with Crippen molar-refractivity contribution in [3.05, 3.63) is 54.1 Å². The number of carbonyl (C=O) groups excluding carboxylic acids is 3. The molecular weight excluding hydrogens is 386 g/mol. The smallest absolute Gasteiger partial charge is 0.249 e.